The highest BCUT2D eigenvalue weighted by Crippen LogP contribution is 2.20. The summed E-state index contributed by atoms with van der Waals surface area (Å²) in [5.41, 5.74) is 2.09. The lowest BCUT2D eigenvalue weighted by Gasteiger charge is -2.16. The molecular weight excluding hydrogens is 358 g/mol. The number of carbonyl (C=O) groups is 1. The molecule has 28 heavy (non-hydrogen) atoms. The van der Waals surface area contributed by atoms with E-state index in [1.54, 1.807) is 7.05 Å². The third kappa shape index (κ3) is 3.87. The lowest BCUT2D eigenvalue weighted by Crippen LogP contribution is -2.38. The van der Waals surface area contributed by atoms with Crippen LogP contribution in [0.15, 0.2) is 9.59 Å². The van der Waals surface area contributed by atoms with Crippen LogP contribution < -0.4 is 16.6 Å². The molecule has 1 amide bonds. The van der Waals surface area contributed by atoms with Gasteiger partial charge < -0.3 is 10.2 Å². The van der Waals surface area contributed by atoms with Gasteiger partial charge in [0.2, 0.25) is 5.91 Å². The Morgan fingerprint density at radius 1 is 1.11 bits per heavy atom. The Labute approximate surface area is 164 Å². The van der Waals surface area contributed by atoms with Crippen LogP contribution in [0.4, 0.5) is 0 Å². The highest BCUT2D eigenvalue weighted by Gasteiger charge is 2.18. The highest BCUT2D eigenvalue weighted by molar-refractivity contribution is 5.80. The van der Waals surface area contributed by atoms with Crippen molar-refractivity contribution in [2.24, 2.45) is 14.1 Å². The van der Waals surface area contributed by atoms with Crippen molar-refractivity contribution in [3.05, 3.63) is 37.7 Å². The molecule has 3 rings (SSSR count). The van der Waals surface area contributed by atoms with Gasteiger partial charge in [-0.05, 0) is 57.3 Å². The van der Waals surface area contributed by atoms with Crippen LogP contribution in [0.2, 0.25) is 0 Å². The van der Waals surface area contributed by atoms with E-state index in [4.69, 9.17) is 0 Å². The average Bonchev–Trinajstić information content (AvgIpc) is 3.17. The Bertz CT molecular complexity index is 1020. The van der Waals surface area contributed by atoms with Gasteiger partial charge in [-0.2, -0.15) is 0 Å². The first-order chi connectivity index (χ1) is 13.3. The molecule has 152 valence electrons. The molecule has 1 aliphatic rings. The van der Waals surface area contributed by atoms with Crippen LogP contribution in [0.5, 0.6) is 0 Å². The van der Waals surface area contributed by atoms with Crippen molar-refractivity contribution in [1.29, 1.82) is 0 Å². The first-order valence-corrected chi connectivity index (χ1v) is 9.86. The Morgan fingerprint density at radius 2 is 1.79 bits per heavy atom. The van der Waals surface area contributed by atoms with Crippen molar-refractivity contribution in [3.8, 4) is 0 Å². The van der Waals surface area contributed by atoms with E-state index in [1.807, 2.05) is 13.8 Å². The lowest BCUT2D eigenvalue weighted by atomic mass is 10.00. The number of aryl methyl sites for hydroxylation is 3. The molecule has 1 aliphatic heterocycles. The second-order valence-electron chi connectivity index (χ2n) is 7.60. The molecule has 1 N–H and O–H groups in total. The zero-order valence-electron chi connectivity index (χ0n) is 17.2. The Balaban J connectivity index is 1.75. The summed E-state index contributed by atoms with van der Waals surface area (Å²) in [6, 6.07) is 0. The summed E-state index contributed by atoms with van der Waals surface area (Å²) in [7, 11) is 3.08. The van der Waals surface area contributed by atoms with E-state index in [-0.39, 0.29) is 11.5 Å². The van der Waals surface area contributed by atoms with E-state index in [0.717, 1.165) is 41.0 Å². The molecular formula is C20H29N5O3. The quantitative estimate of drug-likeness (QED) is 0.775. The van der Waals surface area contributed by atoms with Gasteiger partial charge in [0, 0.05) is 39.3 Å². The molecule has 0 atom stereocenters. The van der Waals surface area contributed by atoms with Gasteiger partial charge in [-0.3, -0.25) is 18.7 Å². The molecule has 2 aromatic rings. The molecule has 0 bridgehead atoms. The summed E-state index contributed by atoms with van der Waals surface area (Å²) in [5, 5.41) is 3.42. The van der Waals surface area contributed by atoms with Crippen LogP contribution in [0.25, 0.3) is 11.0 Å². The number of amides is 1. The van der Waals surface area contributed by atoms with Gasteiger partial charge in [-0.15, -0.1) is 0 Å². The molecule has 3 heterocycles. The molecule has 0 unspecified atom stereocenters. The summed E-state index contributed by atoms with van der Waals surface area (Å²) in [6.45, 7) is 7.52. The maximum atomic E-state index is 12.6. The third-order valence-corrected chi connectivity index (χ3v) is 5.72. The number of carbonyl (C=O) groups excluding carboxylic acids is 1. The van der Waals surface area contributed by atoms with Gasteiger partial charge in [0.1, 0.15) is 5.65 Å². The maximum Gasteiger partial charge on any atom is 0.332 e. The molecule has 2 aromatic heterocycles. The summed E-state index contributed by atoms with van der Waals surface area (Å²) in [4.78, 5) is 43.9. The SMILES string of the molecule is Cc1nc2c(c(C)c1CCC(=O)NCCN1CCCC1)c(=O)n(C)c(=O)n2C. The van der Waals surface area contributed by atoms with E-state index < -0.39 is 5.69 Å². The van der Waals surface area contributed by atoms with Crippen LogP contribution >= 0.6 is 0 Å². The summed E-state index contributed by atoms with van der Waals surface area (Å²) >= 11 is 0. The second-order valence-corrected chi connectivity index (χ2v) is 7.60. The Kier molecular flexibility index (Phi) is 5.98. The minimum atomic E-state index is -0.395. The Hall–Kier alpha value is -2.48. The first-order valence-electron chi connectivity index (χ1n) is 9.86. The number of hydrogen-bond donors (Lipinski definition) is 1. The van der Waals surface area contributed by atoms with Crippen molar-refractivity contribution in [3.63, 3.8) is 0 Å². The van der Waals surface area contributed by atoms with Crippen molar-refractivity contribution in [2.45, 2.75) is 39.5 Å². The van der Waals surface area contributed by atoms with Crippen LogP contribution in [0.1, 0.15) is 36.1 Å². The average molecular weight is 387 g/mol. The summed E-state index contributed by atoms with van der Waals surface area (Å²) in [6.07, 6.45) is 3.35. The van der Waals surface area contributed by atoms with Crippen LogP contribution in [0.3, 0.4) is 0 Å². The van der Waals surface area contributed by atoms with Gasteiger partial charge in [-0.1, -0.05) is 0 Å². The molecule has 0 radical (unpaired) electrons. The second kappa shape index (κ2) is 8.26. The van der Waals surface area contributed by atoms with Crippen molar-refractivity contribution < 1.29 is 4.79 Å². The van der Waals surface area contributed by atoms with Gasteiger partial charge in [-0.25, -0.2) is 9.78 Å². The number of pyridine rings is 1. The normalized spacial score (nSPS) is 14.7. The smallest absolute Gasteiger partial charge is 0.332 e. The highest BCUT2D eigenvalue weighted by atomic mass is 16.2. The number of fused-ring (bicyclic) bond motifs is 1. The maximum absolute atomic E-state index is 12.6. The molecule has 0 saturated carbocycles. The first kappa shape index (κ1) is 20.3. The minimum absolute atomic E-state index is 0.00598. The topological polar surface area (TPSA) is 89.2 Å². The van der Waals surface area contributed by atoms with E-state index in [9.17, 15) is 14.4 Å². The zero-order valence-corrected chi connectivity index (χ0v) is 17.2. The number of rotatable bonds is 6. The largest absolute Gasteiger partial charge is 0.355 e. The van der Waals surface area contributed by atoms with E-state index in [1.165, 1.54) is 24.5 Å². The lowest BCUT2D eigenvalue weighted by molar-refractivity contribution is -0.121. The molecule has 1 saturated heterocycles. The molecule has 8 nitrogen and oxygen atoms in total. The molecule has 8 heteroatoms. The molecule has 0 aromatic carbocycles. The summed E-state index contributed by atoms with van der Waals surface area (Å²) in [5.74, 6) is 0.00598. The van der Waals surface area contributed by atoms with Gasteiger partial charge in [0.05, 0.1) is 5.39 Å². The number of nitrogens with one attached hydrogen (secondary N) is 1. The van der Waals surface area contributed by atoms with Crippen LogP contribution in [0, 0.1) is 13.8 Å². The molecule has 0 spiro atoms. The number of likely N-dealkylation sites (tertiary alicyclic amines) is 1. The standard InChI is InChI=1S/C20H29N5O3/c1-13-15(7-8-16(26)21-9-12-25-10-5-6-11-25)14(2)22-18-17(13)19(27)24(4)20(28)23(18)3/h5-12H2,1-4H3,(H,21,26). The monoisotopic (exact) mass is 387 g/mol. The van der Waals surface area contributed by atoms with Crippen molar-refractivity contribution in [2.75, 3.05) is 26.2 Å². The Morgan fingerprint density at radius 3 is 2.46 bits per heavy atom. The fraction of sp³-hybridized carbons (Fsp3) is 0.600. The van der Waals surface area contributed by atoms with Gasteiger partial charge >= 0.3 is 5.69 Å². The van der Waals surface area contributed by atoms with Gasteiger partial charge in [0.15, 0.2) is 0 Å². The minimum Gasteiger partial charge on any atom is -0.355 e. The fourth-order valence-corrected chi connectivity index (χ4v) is 4.00. The zero-order chi connectivity index (χ0) is 20.4. The van der Waals surface area contributed by atoms with E-state index in [0.29, 0.717) is 30.4 Å². The predicted octanol–water partition coefficient (Wildman–Crippen LogP) is 0.394. The van der Waals surface area contributed by atoms with Crippen LogP contribution in [-0.4, -0.2) is 51.1 Å². The predicted molar refractivity (Wildman–Crippen MR) is 109 cm³/mol. The molecule has 1 fully saturated rings. The van der Waals surface area contributed by atoms with E-state index >= 15 is 0 Å². The van der Waals surface area contributed by atoms with Crippen molar-refractivity contribution >= 4 is 16.9 Å². The molecule has 0 aliphatic carbocycles. The third-order valence-electron chi connectivity index (χ3n) is 5.72. The fourth-order valence-electron chi connectivity index (χ4n) is 4.00. The van der Waals surface area contributed by atoms with Crippen LogP contribution in [-0.2, 0) is 25.3 Å². The number of hydrogen-bond acceptors (Lipinski definition) is 5. The van der Waals surface area contributed by atoms with E-state index in [2.05, 4.69) is 15.2 Å². The number of aromatic nitrogens is 3. The van der Waals surface area contributed by atoms with Gasteiger partial charge in [0.25, 0.3) is 5.56 Å². The van der Waals surface area contributed by atoms with Crippen molar-refractivity contribution in [1.82, 2.24) is 24.3 Å². The number of nitrogens with zero attached hydrogens (tertiary/aromatic N) is 4. The summed E-state index contributed by atoms with van der Waals surface area (Å²) < 4.78 is 2.49.